The lowest BCUT2D eigenvalue weighted by molar-refractivity contribution is -0.124. The number of allylic oxidation sites excluding steroid dienone is 6. The number of Topliss-reactive ketones (excluding diaryl/α,β-unsaturated/α-hetero) is 1. The molecule has 0 saturated heterocycles. The van der Waals surface area contributed by atoms with E-state index in [9.17, 15) is 9.18 Å². The quantitative estimate of drug-likeness (QED) is 0.142. The first-order valence-electron chi connectivity index (χ1n) is 15.5. The van der Waals surface area contributed by atoms with Crippen LogP contribution in [-0.2, 0) is 4.79 Å². The van der Waals surface area contributed by atoms with Crippen molar-refractivity contribution in [2.24, 2.45) is 35.5 Å². The molecule has 0 bridgehead atoms. The minimum absolute atomic E-state index is 0.0613. The van der Waals surface area contributed by atoms with Crippen molar-refractivity contribution in [1.82, 2.24) is 0 Å². The highest BCUT2D eigenvalue weighted by Gasteiger charge is 2.32. The molecule has 0 aromatic heterocycles. The second-order valence-corrected chi connectivity index (χ2v) is 12.0. The minimum Gasteiger partial charge on any atom is -0.299 e. The Hall–Kier alpha value is -1.58. The van der Waals surface area contributed by atoms with Crippen molar-refractivity contribution in [1.29, 1.82) is 0 Å². The van der Waals surface area contributed by atoms with Crippen LogP contribution in [0.25, 0.3) is 0 Å². The number of ketones is 1. The van der Waals surface area contributed by atoms with Gasteiger partial charge in [0.2, 0.25) is 0 Å². The van der Waals surface area contributed by atoms with E-state index in [-0.39, 0.29) is 47.6 Å². The first kappa shape index (κ1) is 32.6. The van der Waals surface area contributed by atoms with Gasteiger partial charge in [-0.3, -0.25) is 4.79 Å². The van der Waals surface area contributed by atoms with E-state index in [1.165, 1.54) is 12.8 Å². The smallest absolute Gasteiger partial charge is 0.136 e. The van der Waals surface area contributed by atoms with E-state index in [0.717, 1.165) is 57.3 Å². The minimum atomic E-state index is -0.585. The monoisotopic (exact) mass is 534 g/mol. The Balaban J connectivity index is 1.84. The molecule has 1 atom stereocenters. The molecule has 0 aromatic carbocycles. The fourth-order valence-corrected chi connectivity index (χ4v) is 6.66. The molecule has 0 unspecified atom stereocenters. The van der Waals surface area contributed by atoms with E-state index >= 15 is 8.78 Å². The molecule has 0 N–H and O–H groups in total. The second kappa shape index (κ2) is 17.2. The molecule has 216 valence electrons. The summed E-state index contributed by atoms with van der Waals surface area (Å²) >= 11 is 0. The van der Waals surface area contributed by atoms with Gasteiger partial charge in [0.05, 0.1) is 0 Å². The van der Waals surface area contributed by atoms with Gasteiger partial charge in [0.15, 0.2) is 0 Å². The van der Waals surface area contributed by atoms with Crippen LogP contribution >= 0.6 is 0 Å². The summed E-state index contributed by atoms with van der Waals surface area (Å²) in [4.78, 5) is 12.8. The van der Waals surface area contributed by atoms with Gasteiger partial charge in [-0.05, 0) is 99.5 Å². The van der Waals surface area contributed by atoms with Crippen molar-refractivity contribution in [2.75, 3.05) is 0 Å². The summed E-state index contributed by atoms with van der Waals surface area (Å²) < 4.78 is 44.9. The highest BCUT2D eigenvalue weighted by molar-refractivity contribution is 5.81. The zero-order chi connectivity index (χ0) is 28.1. The predicted molar refractivity (Wildman–Crippen MR) is 155 cm³/mol. The predicted octanol–water partition coefficient (Wildman–Crippen LogP) is 11.3. The molecule has 1 nitrogen and oxygen atoms in total. The molecule has 0 spiro atoms. The average Bonchev–Trinajstić information content (AvgIpc) is 2.93. The largest absolute Gasteiger partial charge is 0.299 e. The van der Waals surface area contributed by atoms with Crippen LogP contribution in [0.15, 0.2) is 48.4 Å². The van der Waals surface area contributed by atoms with Crippen LogP contribution in [0.3, 0.4) is 0 Å². The summed E-state index contributed by atoms with van der Waals surface area (Å²) in [5.41, 5.74) is 0.398. The Kier molecular flexibility index (Phi) is 14.8. The van der Waals surface area contributed by atoms with Crippen LogP contribution < -0.4 is 0 Å². The van der Waals surface area contributed by atoms with Crippen molar-refractivity contribution in [3.63, 3.8) is 0 Å². The Labute approximate surface area is 231 Å². The van der Waals surface area contributed by atoms with E-state index in [2.05, 4.69) is 20.1 Å². The van der Waals surface area contributed by atoms with Gasteiger partial charge in [-0.1, -0.05) is 59.1 Å². The average molecular weight is 535 g/mol. The van der Waals surface area contributed by atoms with E-state index < -0.39 is 11.7 Å². The molecule has 4 heteroatoms. The van der Waals surface area contributed by atoms with Crippen LogP contribution in [0.1, 0.15) is 124 Å². The van der Waals surface area contributed by atoms with E-state index in [1.807, 2.05) is 13.8 Å². The van der Waals surface area contributed by atoms with Gasteiger partial charge < -0.3 is 0 Å². The van der Waals surface area contributed by atoms with E-state index in [4.69, 9.17) is 0 Å². The van der Waals surface area contributed by atoms with Crippen LogP contribution in [-0.4, -0.2) is 5.78 Å². The highest BCUT2D eigenvalue weighted by atomic mass is 19.2. The Morgan fingerprint density at radius 2 is 1.50 bits per heavy atom. The van der Waals surface area contributed by atoms with E-state index in [0.29, 0.717) is 37.7 Å². The summed E-state index contributed by atoms with van der Waals surface area (Å²) in [6, 6.07) is 0. The zero-order valence-corrected chi connectivity index (χ0v) is 24.4. The number of carbonyl (C=O) groups excluding carboxylic acids is 1. The van der Waals surface area contributed by atoms with Crippen molar-refractivity contribution in [2.45, 2.75) is 124 Å². The van der Waals surface area contributed by atoms with Crippen molar-refractivity contribution in [3.05, 3.63) is 48.4 Å². The fraction of sp³-hybridized carbons (Fsp3) is 0.735. The fourth-order valence-electron chi connectivity index (χ4n) is 6.66. The molecule has 0 amide bonds. The van der Waals surface area contributed by atoms with Gasteiger partial charge in [-0.15, -0.1) is 6.58 Å². The lowest BCUT2D eigenvalue weighted by Gasteiger charge is -2.33. The lowest BCUT2D eigenvalue weighted by Crippen LogP contribution is -2.24. The third-order valence-corrected chi connectivity index (χ3v) is 9.37. The molecular formula is C34H53F3O. The van der Waals surface area contributed by atoms with Gasteiger partial charge >= 0.3 is 0 Å². The van der Waals surface area contributed by atoms with Gasteiger partial charge in [0.1, 0.15) is 23.3 Å². The second-order valence-electron chi connectivity index (χ2n) is 12.0. The van der Waals surface area contributed by atoms with Gasteiger partial charge in [-0.25, -0.2) is 13.2 Å². The van der Waals surface area contributed by atoms with Crippen molar-refractivity contribution in [3.8, 4) is 0 Å². The first-order chi connectivity index (χ1) is 18.2. The van der Waals surface area contributed by atoms with Crippen LogP contribution in [0.5, 0.6) is 0 Å². The summed E-state index contributed by atoms with van der Waals surface area (Å²) in [5.74, 6) is -0.524. The topological polar surface area (TPSA) is 17.1 Å². The number of rotatable bonds is 16. The van der Waals surface area contributed by atoms with Gasteiger partial charge in [0, 0.05) is 24.7 Å². The maximum atomic E-state index is 15.4. The lowest BCUT2D eigenvalue weighted by atomic mass is 9.72. The summed E-state index contributed by atoms with van der Waals surface area (Å²) in [6.07, 6.45) is 15.9. The highest BCUT2D eigenvalue weighted by Crippen LogP contribution is 2.42. The third-order valence-electron chi connectivity index (χ3n) is 9.37. The van der Waals surface area contributed by atoms with Crippen LogP contribution in [0, 0.1) is 35.5 Å². The summed E-state index contributed by atoms with van der Waals surface area (Å²) in [7, 11) is 0. The standard InChI is InChI=1S/C34H53F3O/c1-6-10-26-13-17-28(18-14-26)30(11-7-2)34(37)32(36)23-27-15-19-29(20-16-27)33(38)21-12-24(5)31(35)22-25(8-3)9-4/h7,22,25-30H,2,5-6,8-21,23H2,1,3-4H3/b31-22+,34-32-/t26?,27?,28?,29?,30-/m0/s1. The van der Waals surface area contributed by atoms with E-state index in [1.54, 1.807) is 12.2 Å². The Morgan fingerprint density at radius 1 is 0.895 bits per heavy atom. The van der Waals surface area contributed by atoms with Crippen molar-refractivity contribution < 1.29 is 18.0 Å². The SMILES string of the molecule is C=CC[C@H](/C(F)=C(/F)CC1CCC(C(=O)CCC(=C)/C(F)=C\C(CC)CC)CC1)C1CCC(CCC)CC1. The molecule has 38 heavy (non-hydrogen) atoms. The van der Waals surface area contributed by atoms with Crippen LogP contribution in [0.4, 0.5) is 13.2 Å². The molecule has 2 saturated carbocycles. The number of hydrogen-bond acceptors (Lipinski definition) is 1. The molecular weight excluding hydrogens is 481 g/mol. The number of hydrogen-bond donors (Lipinski definition) is 0. The maximum Gasteiger partial charge on any atom is 0.136 e. The molecule has 0 heterocycles. The molecule has 2 rings (SSSR count). The van der Waals surface area contributed by atoms with Gasteiger partial charge in [0.25, 0.3) is 0 Å². The Bertz CT molecular complexity index is 806. The number of halogens is 3. The molecule has 2 aliphatic rings. The molecule has 2 aliphatic carbocycles. The van der Waals surface area contributed by atoms with Gasteiger partial charge in [-0.2, -0.15) is 0 Å². The van der Waals surface area contributed by atoms with Crippen LogP contribution in [0.2, 0.25) is 0 Å². The Morgan fingerprint density at radius 3 is 2.05 bits per heavy atom. The zero-order valence-electron chi connectivity index (χ0n) is 24.4. The molecule has 0 radical (unpaired) electrons. The molecule has 2 fully saturated rings. The first-order valence-corrected chi connectivity index (χ1v) is 15.5. The summed E-state index contributed by atoms with van der Waals surface area (Å²) in [6.45, 7) is 13.9. The normalized spacial score (nSPS) is 26.1. The maximum absolute atomic E-state index is 15.4. The number of carbonyl (C=O) groups is 1. The molecule has 0 aliphatic heterocycles. The molecule has 0 aromatic rings. The van der Waals surface area contributed by atoms with Crippen molar-refractivity contribution >= 4 is 5.78 Å². The summed E-state index contributed by atoms with van der Waals surface area (Å²) in [5, 5.41) is 0. The third kappa shape index (κ3) is 10.2.